The topological polar surface area (TPSA) is 43.9 Å². The van der Waals surface area contributed by atoms with Gasteiger partial charge in [-0.3, -0.25) is 14.5 Å². The van der Waals surface area contributed by atoms with Crippen molar-refractivity contribution in [2.75, 3.05) is 45.9 Å². The number of alkyl halides is 3. The van der Waals surface area contributed by atoms with Crippen molar-refractivity contribution in [2.24, 2.45) is 5.92 Å². The summed E-state index contributed by atoms with van der Waals surface area (Å²) in [5.74, 6) is -2.94. The fraction of sp³-hybridized carbons (Fsp3) is 0.533. The normalized spacial score (nSPS) is 22.2. The maximum atomic E-state index is 13.6. The van der Waals surface area contributed by atoms with E-state index in [9.17, 15) is 22.8 Å². The molecule has 0 radical (unpaired) electrons. The van der Waals surface area contributed by atoms with Crippen molar-refractivity contribution in [1.82, 2.24) is 14.7 Å². The summed E-state index contributed by atoms with van der Waals surface area (Å²) in [5, 5.41) is 0.940. The van der Waals surface area contributed by atoms with E-state index in [1.165, 1.54) is 0 Å². The first-order valence-electron chi connectivity index (χ1n) is 14.0. The van der Waals surface area contributed by atoms with Crippen LogP contribution >= 0.6 is 23.2 Å². The van der Waals surface area contributed by atoms with Crippen LogP contribution in [0.3, 0.4) is 0 Å². The molecule has 0 N–H and O–H groups in total. The molecular weight excluding hydrogens is 562 g/mol. The second-order valence-corrected chi connectivity index (χ2v) is 11.9. The smallest absolute Gasteiger partial charge is 0.253 e. The van der Waals surface area contributed by atoms with E-state index in [0.717, 1.165) is 11.1 Å². The molecule has 0 aromatic heterocycles. The molecular formula is C30H34Cl2F3N3O2. The summed E-state index contributed by atoms with van der Waals surface area (Å²) in [6.07, 6.45) is 1.40. The minimum absolute atomic E-state index is 0.00416. The van der Waals surface area contributed by atoms with Gasteiger partial charge in [0.2, 0.25) is 11.8 Å². The van der Waals surface area contributed by atoms with Gasteiger partial charge in [-0.2, -0.15) is 0 Å². The Morgan fingerprint density at radius 2 is 1.52 bits per heavy atom. The number of piperazine rings is 1. The zero-order valence-corrected chi connectivity index (χ0v) is 23.9. The van der Waals surface area contributed by atoms with Crippen LogP contribution in [0, 0.1) is 5.92 Å². The van der Waals surface area contributed by atoms with Crippen LogP contribution in [0.25, 0.3) is 11.1 Å². The first-order chi connectivity index (χ1) is 19.1. The van der Waals surface area contributed by atoms with Crippen molar-refractivity contribution in [3.8, 4) is 11.1 Å². The molecule has 1 aliphatic carbocycles. The van der Waals surface area contributed by atoms with Crippen LogP contribution in [-0.4, -0.2) is 84.4 Å². The summed E-state index contributed by atoms with van der Waals surface area (Å²) >= 11 is 13.3. The summed E-state index contributed by atoms with van der Waals surface area (Å²) in [5.41, 5.74) is 2.96. The number of likely N-dealkylation sites (tertiary alicyclic amines) is 1. The molecule has 0 bridgehead atoms. The number of benzene rings is 2. The molecule has 3 aliphatic rings. The zero-order chi connectivity index (χ0) is 28.4. The maximum Gasteiger partial charge on any atom is 0.253 e. The Kier molecular flexibility index (Phi) is 8.98. The van der Waals surface area contributed by atoms with Crippen molar-refractivity contribution < 1.29 is 22.8 Å². The lowest BCUT2D eigenvalue weighted by atomic mass is 9.91. The Morgan fingerprint density at radius 3 is 2.12 bits per heavy atom. The van der Waals surface area contributed by atoms with E-state index in [1.54, 1.807) is 21.9 Å². The molecule has 1 atom stereocenters. The first kappa shape index (κ1) is 29.2. The lowest BCUT2D eigenvalue weighted by Crippen LogP contribution is -2.49. The molecule has 2 heterocycles. The van der Waals surface area contributed by atoms with Crippen LogP contribution in [0.5, 0.6) is 0 Å². The highest BCUT2D eigenvalue weighted by atomic mass is 35.5. The molecule has 5 rings (SSSR count). The van der Waals surface area contributed by atoms with E-state index in [0.29, 0.717) is 86.1 Å². The molecule has 5 nitrogen and oxygen atoms in total. The molecule has 2 aliphatic heterocycles. The predicted molar refractivity (Wildman–Crippen MR) is 151 cm³/mol. The third kappa shape index (κ3) is 6.44. The number of amides is 2. The van der Waals surface area contributed by atoms with Crippen molar-refractivity contribution >= 4 is 35.0 Å². The van der Waals surface area contributed by atoms with Crippen LogP contribution in [0.1, 0.15) is 48.0 Å². The van der Waals surface area contributed by atoms with Gasteiger partial charge in [0.15, 0.2) is 0 Å². The minimum Gasteiger partial charge on any atom is -0.339 e. The van der Waals surface area contributed by atoms with Crippen LogP contribution in [0.4, 0.5) is 13.2 Å². The molecule has 2 amide bonds. The lowest BCUT2D eigenvalue weighted by Gasteiger charge is -2.34. The standard InChI is InChI=1S/C30H34Cl2F3N3O2/c31-26-18-23(20-1-3-21(4-2-20)28(39)37-15-13-36(12-10-33)14-16-37)19-27(32)25(26)17-22-7-11-38(29(22)40)24-5-8-30(34,35)9-6-24/h1-4,18-19,22,24H,5-17H2. The molecule has 1 saturated carbocycles. The maximum absolute atomic E-state index is 13.6. The van der Waals surface area contributed by atoms with Gasteiger partial charge in [-0.05, 0) is 66.6 Å². The van der Waals surface area contributed by atoms with Crippen molar-refractivity contribution in [1.29, 1.82) is 0 Å². The highest BCUT2D eigenvalue weighted by Gasteiger charge is 2.42. The van der Waals surface area contributed by atoms with E-state index in [4.69, 9.17) is 23.2 Å². The number of carbonyl (C=O) groups excluding carboxylic acids is 2. The molecule has 10 heteroatoms. The van der Waals surface area contributed by atoms with Gasteiger partial charge in [0.25, 0.3) is 5.91 Å². The summed E-state index contributed by atoms with van der Waals surface area (Å²) in [7, 11) is 0. The Bertz CT molecular complexity index is 1200. The Balaban J connectivity index is 1.21. The molecule has 3 fully saturated rings. The molecule has 2 aromatic carbocycles. The van der Waals surface area contributed by atoms with Crippen LogP contribution in [-0.2, 0) is 11.2 Å². The fourth-order valence-corrected chi connectivity index (χ4v) is 6.79. The van der Waals surface area contributed by atoms with E-state index in [2.05, 4.69) is 0 Å². The summed E-state index contributed by atoms with van der Waals surface area (Å²) in [6.45, 7) is 3.08. The lowest BCUT2D eigenvalue weighted by molar-refractivity contribution is -0.135. The van der Waals surface area contributed by atoms with Crippen molar-refractivity contribution in [3.05, 3.63) is 57.6 Å². The number of halogens is 5. The largest absolute Gasteiger partial charge is 0.339 e. The van der Waals surface area contributed by atoms with Gasteiger partial charge in [-0.25, -0.2) is 13.2 Å². The molecule has 216 valence electrons. The van der Waals surface area contributed by atoms with E-state index in [-0.39, 0.29) is 43.3 Å². The average molecular weight is 597 g/mol. The van der Waals surface area contributed by atoms with Crippen LogP contribution < -0.4 is 0 Å². The van der Waals surface area contributed by atoms with E-state index < -0.39 is 5.92 Å². The fourth-order valence-electron chi connectivity index (χ4n) is 6.14. The molecule has 40 heavy (non-hydrogen) atoms. The van der Waals surface area contributed by atoms with Gasteiger partial charge >= 0.3 is 0 Å². The Hall–Kier alpha value is -2.29. The van der Waals surface area contributed by atoms with E-state index in [1.807, 2.05) is 29.2 Å². The van der Waals surface area contributed by atoms with Crippen molar-refractivity contribution in [2.45, 2.75) is 50.5 Å². The van der Waals surface area contributed by atoms with Gasteiger partial charge < -0.3 is 9.80 Å². The first-order valence-corrected chi connectivity index (χ1v) is 14.7. The number of rotatable bonds is 7. The second-order valence-electron chi connectivity index (χ2n) is 11.1. The third-order valence-corrected chi connectivity index (χ3v) is 9.27. The number of carbonyl (C=O) groups is 2. The van der Waals surface area contributed by atoms with Crippen LogP contribution in [0.2, 0.25) is 10.0 Å². The second kappa shape index (κ2) is 12.3. The van der Waals surface area contributed by atoms with Gasteiger partial charge in [0.1, 0.15) is 6.67 Å². The van der Waals surface area contributed by atoms with Gasteiger partial charge in [0.05, 0.1) is 0 Å². The Morgan fingerprint density at radius 1 is 0.900 bits per heavy atom. The highest BCUT2D eigenvalue weighted by molar-refractivity contribution is 6.36. The SMILES string of the molecule is O=C(c1ccc(-c2cc(Cl)c(CC3CCN(C4CCC(F)(F)CC4)C3=O)c(Cl)c2)cc1)N1CCN(CCF)CC1. The molecule has 2 saturated heterocycles. The zero-order valence-electron chi connectivity index (χ0n) is 22.4. The highest BCUT2D eigenvalue weighted by Crippen LogP contribution is 2.39. The summed E-state index contributed by atoms with van der Waals surface area (Å²) in [6, 6.07) is 10.8. The summed E-state index contributed by atoms with van der Waals surface area (Å²) < 4.78 is 39.7. The molecule has 0 spiro atoms. The number of nitrogens with zero attached hydrogens (tertiary/aromatic N) is 3. The molecule has 2 aromatic rings. The number of hydrogen-bond donors (Lipinski definition) is 0. The number of hydrogen-bond acceptors (Lipinski definition) is 3. The minimum atomic E-state index is -2.62. The molecule has 1 unspecified atom stereocenters. The van der Waals surface area contributed by atoms with Gasteiger partial charge in [-0.15, -0.1) is 0 Å². The average Bonchev–Trinajstić information content (AvgIpc) is 3.30. The van der Waals surface area contributed by atoms with Gasteiger partial charge in [0, 0.05) is 79.7 Å². The quantitative estimate of drug-likeness (QED) is 0.374. The van der Waals surface area contributed by atoms with Crippen molar-refractivity contribution in [3.63, 3.8) is 0 Å². The van der Waals surface area contributed by atoms with E-state index >= 15 is 0 Å². The Labute approximate surface area is 243 Å². The monoisotopic (exact) mass is 595 g/mol. The van der Waals surface area contributed by atoms with Gasteiger partial charge in [-0.1, -0.05) is 35.3 Å². The summed E-state index contributed by atoms with van der Waals surface area (Å²) in [4.78, 5) is 31.7. The third-order valence-electron chi connectivity index (χ3n) is 8.60. The predicted octanol–water partition coefficient (Wildman–Crippen LogP) is 6.36. The van der Waals surface area contributed by atoms with Crippen LogP contribution in [0.15, 0.2) is 36.4 Å².